The van der Waals surface area contributed by atoms with E-state index in [1.165, 1.54) is 0 Å². The van der Waals surface area contributed by atoms with Gasteiger partial charge in [0, 0.05) is 18.2 Å². The van der Waals surface area contributed by atoms with Crippen LogP contribution in [-0.4, -0.2) is 30.9 Å². The van der Waals surface area contributed by atoms with Gasteiger partial charge in [0.15, 0.2) is 11.5 Å². The summed E-state index contributed by atoms with van der Waals surface area (Å²) in [5.74, 6) is -7.10. The van der Waals surface area contributed by atoms with Crippen LogP contribution in [0.25, 0.3) is 0 Å². The molecule has 2 aromatic carbocycles. The smallest absolute Gasteiger partial charge is 0.493 e. The first-order chi connectivity index (χ1) is 13.3. The van der Waals surface area contributed by atoms with Crippen LogP contribution >= 0.6 is 0 Å². The summed E-state index contributed by atoms with van der Waals surface area (Å²) < 4.78 is 105. The van der Waals surface area contributed by atoms with Crippen LogP contribution in [0.5, 0.6) is 28.7 Å². The van der Waals surface area contributed by atoms with Crippen molar-refractivity contribution in [3.05, 3.63) is 41.7 Å². The second-order valence-corrected chi connectivity index (χ2v) is 5.09. The molecular formula is C16H9F7O6. The van der Waals surface area contributed by atoms with Gasteiger partial charge in [0.2, 0.25) is 0 Å². The van der Waals surface area contributed by atoms with E-state index in [-0.39, 0.29) is 6.07 Å². The molecule has 0 aliphatic rings. The zero-order chi connectivity index (χ0) is 22.0. The van der Waals surface area contributed by atoms with E-state index in [0.29, 0.717) is 6.07 Å². The number of hydrogen-bond acceptors (Lipinski definition) is 5. The van der Waals surface area contributed by atoms with E-state index in [0.717, 1.165) is 25.3 Å². The third-order valence-corrected chi connectivity index (χ3v) is 3.06. The van der Waals surface area contributed by atoms with Crippen LogP contribution in [0.4, 0.5) is 30.7 Å². The number of carboxylic acid groups (broad SMARTS) is 1. The molecule has 0 bridgehead atoms. The minimum Gasteiger partial charge on any atom is -0.493 e. The number of rotatable bonds is 6. The van der Waals surface area contributed by atoms with Crippen LogP contribution in [0.3, 0.4) is 0 Å². The Morgan fingerprint density at radius 2 is 1.41 bits per heavy atom. The second-order valence-electron chi connectivity index (χ2n) is 5.09. The van der Waals surface area contributed by atoms with E-state index < -0.39 is 58.8 Å². The van der Waals surface area contributed by atoms with E-state index >= 15 is 0 Å². The maximum Gasteiger partial charge on any atom is 0.573 e. The van der Waals surface area contributed by atoms with E-state index in [4.69, 9.17) is 14.6 Å². The van der Waals surface area contributed by atoms with Gasteiger partial charge in [0.1, 0.15) is 28.6 Å². The fraction of sp³-hybridized carbons (Fsp3) is 0.188. The zero-order valence-electron chi connectivity index (χ0n) is 14.0. The molecule has 6 nitrogen and oxygen atoms in total. The monoisotopic (exact) mass is 430 g/mol. The fourth-order valence-electron chi connectivity index (χ4n) is 2.09. The van der Waals surface area contributed by atoms with Crippen molar-refractivity contribution in [3.8, 4) is 28.7 Å². The Balaban J connectivity index is 2.47. The molecule has 2 aromatic rings. The number of benzene rings is 2. The van der Waals surface area contributed by atoms with Gasteiger partial charge in [0.05, 0.1) is 7.11 Å². The van der Waals surface area contributed by atoms with Gasteiger partial charge < -0.3 is 24.1 Å². The van der Waals surface area contributed by atoms with Gasteiger partial charge in [-0.1, -0.05) is 0 Å². The minimum atomic E-state index is -5.21. The lowest BCUT2D eigenvalue weighted by Gasteiger charge is -2.16. The summed E-state index contributed by atoms with van der Waals surface area (Å²) >= 11 is 0. The molecule has 0 fully saturated rings. The second kappa shape index (κ2) is 7.93. The molecule has 1 N–H and O–H groups in total. The maximum absolute atomic E-state index is 14.0. The van der Waals surface area contributed by atoms with Gasteiger partial charge >= 0.3 is 18.7 Å². The highest BCUT2D eigenvalue weighted by Gasteiger charge is 2.33. The first kappa shape index (κ1) is 21.9. The summed E-state index contributed by atoms with van der Waals surface area (Å²) in [5.41, 5.74) is -1.14. The fourth-order valence-corrected chi connectivity index (χ4v) is 2.09. The Bertz CT molecular complexity index is 908. The van der Waals surface area contributed by atoms with Gasteiger partial charge in [0.25, 0.3) is 0 Å². The Morgan fingerprint density at radius 1 is 0.862 bits per heavy atom. The molecule has 0 atom stereocenters. The first-order valence-corrected chi connectivity index (χ1v) is 7.23. The van der Waals surface area contributed by atoms with Gasteiger partial charge in [-0.25, -0.2) is 9.18 Å². The number of hydrogen-bond donors (Lipinski definition) is 1. The van der Waals surface area contributed by atoms with Gasteiger partial charge in [-0.15, -0.1) is 26.3 Å². The van der Waals surface area contributed by atoms with E-state index in [9.17, 15) is 35.5 Å². The standard InChI is InChI=1S/C16H9F7O6/c1-26-11-5-7(28-15(18,19)20)2-3-10(11)27-12-6-8(29-16(21,22)23)4-9(17)13(12)14(24)25/h2-6H,1H3,(H,24,25). The molecule has 0 amide bonds. The number of aromatic carboxylic acids is 1. The van der Waals surface area contributed by atoms with E-state index in [1.807, 2.05) is 0 Å². The van der Waals surface area contributed by atoms with Crippen molar-refractivity contribution >= 4 is 5.97 Å². The molecule has 158 valence electrons. The van der Waals surface area contributed by atoms with Crippen molar-refractivity contribution in [2.45, 2.75) is 12.7 Å². The summed E-state index contributed by atoms with van der Waals surface area (Å²) in [6, 6.07) is 2.95. The Morgan fingerprint density at radius 3 is 1.93 bits per heavy atom. The van der Waals surface area contributed by atoms with Gasteiger partial charge in [-0.05, 0) is 12.1 Å². The third-order valence-electron chi connectivity index (χ3n) is 3.06. The number of carbonyl (C=O) groups is 1. The molecule has 0 saturated heterocycles. The van der Waals surface area contributed by atoms with Gasteiger partial charge in [-0.3, -0.25) is 0 Å². The summed E-state index contributed by atoms with van der Waals surface area (Å²) in [6.45, 7) is 0. The highest BCUT2D eigenvalue weighted by molar-refractivity contribution is 5.91. The van der Waals surface area contributed by atoms with Gasteiger partial charge in [-0.2, -0.15) is 0 Å². The SMILES string of the molecule is COc1cc(OC(F)(F)F)ccc1Oc1cc(OC(F)(F)F)cc(F)c1C(=O)O. The number of methoxy groups -OCH3 is 1. The zero-order valence-corrected chi connectivity index (χ0v) is 14.0. The first-order valence-electron chi connectivity index (χ1n) is 7.23. The highest BCUT2D eigenvalue weighted by atomic mass is 19.4. The largest absolute Gasteiger partial charge is 0.573 e. The molecule has 0 aromatic heterocycles. The lowest BCUT2D eigenvalue weighted by molar-refractivity contribution is -0.275. The van der Waals surface area contributed by atoms with Crippen molar-refractivity contribution in [2.75, 3.05) is 7.11 Å². The summed E-state index contributed by atoms with van der Waals surface area (Å²) in [4.78, 5) is 11.2. The third kappa shape index (κ3) is 6.05. The lowest BCUT2D eigenvalue weighted by Crippen LogP contribution is -2.18. The Labute approximate surface area is 157 Å². The number of ether oxygens (including phenoxy) is 4. The average Bonchev–Trinajstić information content (AvgIpc) is 2.52. The maximum atomic E-state index is 14.0. The highest BCUT2D eigenvalue weighted by Crippen LogP contribution is 2.39. The Kier molecular flexibility index (Phi) is 5.99. The average molecular weight is 430 g/mol. The van der Waals surface area contributed by atoms with Crippen LogP contribution in [0, 0.1) is 5.82 Å². The molecule has 0 radical (unpaired) electrons. The lowest BCUT2D eigenvalue weighted by atomic mass is 10.1. The normalized spacial score (nSPS) is 11.7. The van der Waals surface area contributed by atoms with E-state index in [1.54, 1.807) is 0 Å². The molecule has 0 aliphatic heterocycles. The molecule has 0 unspecified atom stereocenters. The predicted molar refractivity (Wildman–Crippen MR) is 79.8 cm³/mol. The molecular weight excluding hydrogens is 421 g/mol. The quantitative estimate of drug-likeness (QED) is 0.642. The van der Waals surface area contributed by atoms with Crippen LogP contribution in [-0.2, 0) is 0 Å². The van der Waals surface area contributed by atoms with Crippen molar-refractivity contribution in [1.82, 2.24) is 0 Å². The van der Waals surface area contributed by atoms with Crippen molar-refractivity contribution in [1.29, 1.82) is 0 Å². The van der Waals surface area contributed by atoms with Crippen molar-refractivity contribution in [3.63, 3.8) is 0 Å². The molecule has 0 aliphatic carbocycles. The molecule has 2 rings (SSSR count). The summed E-state index contributed by atoms with van der Waals surface area (Å²) in [7, 11) is 1.02. The molecule has 0 spiro atoms. The van der Waals surface area contributed by atoms with Crippen LogP contribution in [0.15, 0.2) is 30.3 Å². The Hall–Kier alpha value is -3.38. The van der Waals surface area contributed by atoms with Crippen LogP contribution < -0.4 is 18.9 Å². The predicted octanol–water partition coefficient (Wildman–Crippen LogP) is 5.12. The number of carboxylic acids is 1. The van der Waals surface area contributed by atoms with Crippen molar-refractivity contribution in [2.24, 2.45) is 0 Å². The number of alkyl halides is 6. The van der Waals surface area contributed by atoms with E-state index in [2.05, 4.69) is 9.47 Å². The molecule has 29 heavy (non-hydrogen) atoms. The summed E-state index contributed by atoms with van der Waals surface area (Å²) in [5, 5.41) is 9.09. The van der Waals surface area contributed by atoms with Crippen molar-refractivity contribution < 1.29 is 59.6 Å². The number of halogens is 7. The van der Waals surface area contributed by atoms with Crippen LogP contribution in [0.1, 0.15) is 10.4 Å². The summed E-state index contributed by atoms with van der Waals surface area (Å²) in [6.07, 6.45) is -10.2. The molecule has 0 saturated carbocycles. The van der Waals surface area contributed by atoms with Crippen LogP contribution in [0.2, 0.25) is 0 Å². The molecule has 13 heteroatoms. The molecule has 0 heterocycles. The minimum absolute atomic E-state index is 0.182. The topological polar surface area (TPSA) is 74.2 Å².